The van der Waals surface area contributed by atoms with Crippen LogP contribution in [0.3, 0.4) is 0 Å². The number of pyridine rings is 1. The molecule has 1 unspecified atom stereocenters. The minimum absolute atomic E-state index is 0.129. The molecule has 0 amide bonds. The number of benzene rings is 1. The summed E-state index contributed by atoms with van der Waals surface area (Å²) >= 11 is 0. The third-order valence-electron chi connectivity index (χ3n) is 5.10. The fourth-order valence-electron chi connectivity index (χ4n) is 3.53. The number of imidazole rings is 1. The number of ether oxygens (including phenoxy) is 1. The first-order chi connectivity index (χ1) is 16.3. The smallest absolute Gasteiger partial charge is 0.217 e. The van der Waals surface area contributed by atoms with E-state index in [1.807, 2.05) is 41.8 Å². The van der Waals surface area contributed by atoms with Crippen LogP contribution in [0.25, 0.3) is 22.6 Å². The van der Waals surface area contributed by atoms with Gasteiger partial charge < -0.3 is 25.9 Å². The van der Waals surface area contributed by atoms with E-state index in [0.29, 0.717) is 48.1 Å². The molecule has 10 nitrogen and oxygen atoms in total. The van der Waals surface area contributed by atoms with Crippen LogP contribution in [-0.4, -0.2) is 48.2 Å². The van der Waals surface area contributed by atoms with Gasteiger partial charge in [-0.2, -0.15) is 0 Å². The average Bonchev–Trinajstić information content (AvgIpc) is 3.39. The zero-order chi connectivity index (χ0) is 24.3. The molecule has 0 spiro atoms. The van der Waals surface area contributed by atoms with Gasteiger partial charge in [0, 0.05) is 25.6 Å². The van der Waals surface area contributed by atoms with Crippen molar-refractivity contribution in [2.24, 2.45) is 5.73 Å². The second-order valence-electron chi connectivity index (χ2n) is 8.33. The first kappa shape index (κ1) is 23.2. The Bertz CT molecular complexity index is 1340. The van der Waals surface area contributed by atoms with Crippen molar-refractivity contribution in [3.05, 3.63) is 47.7 Å². The number of anilines is 1. The molecule has 0 bridgehead atoms. The van der Waals surface area contributed by atoms with Crippen LogP contribution >= 0.6 is 0 Å². The Balaban J connectivity index is 1.82. The van der Waals surface area contributed by atoms with Gasteiger partial charge in [-0.1, -0.05) is 36.3 Å². The SMILES string of the molecule is CCn1c(-c2nonc2N)nc2c(C#CC(C)(C)O)nc(OC(CN)Cc3ccccc3)cc21. The minimum Gasteiger partial charge on any atom is -0.473 e. The summed E-state index contributed by atoms with van der Waals surface area (Å²) < 4.78 is 12.9. The minimum atomic E-state index is -1.21. The summed E-state index contributed by atoms with van der Waals surface area (Å²) in [7, 11) is 0. The van der Waals surface area contributed by atoms with Crippen molar-refractivity contribution in [1.29, 1.82) is 0 Å². The summed E-state index contributed by atoms with van der Waals surface area (Å²) in [6.07, 6.45) is 0.330. The Morgan fingerprint density at radius 3 is 2.59 bits per heavy atom. The lowest BCUT2D eigenvalue weighted by Crippen LogP contribution is -2.29. The van der Waals surface area contributed by atoms with Crippen molar-refractivity contribution < 1.29 is 14.5 Å². The molecule has 4 aromatic rings. The molecule has 0 fully saturated rings. The number of aromatic nitrogens is 5. The van der Waals surface area contributed by atoms with E-state index >= 15 is 0 Å². The van der Waals surface area contributed by atoms with Gasteiger partial charge in [0.1, 0.15) is 22.9 Å². The van der Waals surface area contributed by atoms with E-state index in [9.17, 15) is 5.11 Å². The number of nitrogen functional groups attached to an aromatic ring is 1. The van der Waals surface area contributed by atoms with E-state index in [1.54, 1.807) is 19.9 Å². The molecular formula is C24H27N7O3. The van der Waals surface area contributed by atoms with E-state index in [0.717, 1.165) is 11.1 Å². The lowest BCUT2D eigenvalue weighted by atomic mass is 10.1. The highest BCUT2D eigenvalue weighted by atomic mass is 16.6. The van der Waals surface area contributed by atoms with Crippen molar-refractivity contribution in [1.82, 2.24) is 24.8 Å². The molecular weight excluding hydrogens is 434 g/mol. The van der Waals surface area contributed by atoms with Gasteiger partial charge in [-0.3, -0.25) is 0 Å². The summed E-state index contributed by atoms with van der Waals surface area (Å²) in [6.45, 7) is 6.03. The van der Waals surface area contributed by atoms with E-state index in [1.165, 1.54) is 0 Å². The molecule has 1 aromatic carbocycles. The van der Waals surface area contributed by atoms with E-state index in [4.69, 9.17) is 20.8 Å². The van der Waals surface area contributed by atoms with Crippen LogP contribution < -0.4 is 16.2 Å². The van der Waals surface area contributed by atoms with Crippen LogP contribution in [0, 0.1) is 11.8 Å². The van der Waals surface area contributed by atoms with Crippen LogP contribution in [-0.2, 0) is 13.0 Å². The molecule has 0 aliphatic carbocycles. The quantitative estimate of drug-likeness (QED) is 0.352. The third-order valence-corrected chi connectivity index (χ3v) is 5.10. The van der Waals surface area contributed by atoms with Crippen molar-refractivity contribution in [2.75, 3.05) is 12.3 Å². The molecule has 0 saturated heterocycles. The number of nitrogens with two attached hydrogens (primary N) is 2. The Morgan fingerprint density at radius 1 is 1.21 bits per heavy atom. The van der Waals surface area contributed by atoms with Crippen molar-refractivity contribution >= 4 is 16.9 Å². The van der Waals surface area contributed by atoms with Crippen LogP contribution in [0.2, 0.25) is 0 Å². The number of hydrogen-bond acceptors (Lipinski definition) is 9. The molecule has 34 heavy (non-hydrogen) atoms. The second kappa shape index (κ2) is 9.51. The number of aliphatic hydroxyl groups is 1. The maximum Gasteiger partial charge on any atom is 0.217 e. The fraction of sp³-hybridized carbons (Fsp3) is 0.333. The van der Waals surface area contributed by atoms with E-state index in [2.05, 4.69) is 32.1 Å². The lowest BCUT2D eigenvalue weighted by molar-refractivity contribution is 0.143. The van der Waals surface area contributed by atoms with Gasteiger partial charge in [0.25, 0.3) is 0 Å². The van der Waals surface area contributed by atoms with Crippen LogP contribution in [0.1, 0.15) is 32.0 Å². The monoisotopic (exact) mass is 461 g/mol. The molecule has 5 N–H and O–H groups in total. The highest BCUT2D eigenvalue weighted by Gasteiger charge is 2.22. The number of aryl methyl sites for hydroxylation is 1. The predicted molar refractivity (Wildman–Crippen MR) is 128 cm³/mol. The summed E-state index contributed by atoms with van der Waals surface area (Å²) in [5.74, 6) is 6.70. The second-order valence-corrected chi connectivity index (χ2v) is 8.33. The Morgan fingerprint density at radius 2 is 1.97 bits per heavy atom. The number of rotatable bonds is 7. The van der Waals surface area contributed by atoms with Crippen molar-refractivity contribution in [2.45, 2.75) is 45.4 Å². The van der Waals surface area contributed by atoms with Crippen LogP contribution in [0.15, 0.2) is 41.0 Å². The molecule has 4 rings (SSSR count). The number of nitrogens with zero attached hydrogens (tertiary/aromatic N) is 5. The molecule has 3 aromatic heterocycles. The molecule has 0 radical (unpaired) electrons. The highest BCUT2D eigenvalue weighted by molar-refractivity contribution is 5.86. The molecule has 3 heterocycles. The molecule has 176 valence electrons. The maximum atomic E-state index is 10.1. The van der Waals surface area contributed by atoms with Gasteiger partial charge in [0.15, 0.2) is 17.3 Å². The average molecular weight is 462 g/mol. The summed E-state index contributed by atoms with van der Waals surface area (Å²) in [5.41, 5.74) is 13.7. The van der Waals surface area contributed by atoms with Gasteiger partial charge in [0.05, 0.1) is 5.52 Å². The first-order valence-corrected chi connectivity index (χ1v) is 10.9. The Labute approximate surface area is 196 Å². The number of fused-ring (bicyclic) bond motifs is 1. The summed E-state index contributed by atoms with van der Waals surface area (Å²) in [5, 5.41) is 17.7. The van der Waals surface area contributed by atoms with Crippen LogP contribution in [0.4, 0.5) is 5.82 Å². The molecule has 10 heteroatoms. The first-order valence-electron chi connectivity index (χ1n) is 10.9. The normalized spacial score (nSPS) is 12.4. The molecule has 0 saturated carbocycles. The van der Waals surface area contributed by atoms with E-state index in [-0.39, 0.29) is 11.9 Å². The van der Waals surface area contributed by atoms with Crippen molar-refractivity contribution in [3.8, 4) is 29.2 Å². The van der Waals surface area contributed by atoms with Gasteiger partial charge in [-0.15, -0.1) is 0 Å². The van der Waals surface area contributed by atoms with Gasteiger partial charge >= 0.3 is 0 Å². The van der Waals surface area contributed by atoms with Gasteiger partial charge in [-0.25, -0.2) is 14.6 Å². The molecule has 0 aliphatic rings. The lowest BCUT2D eigenvalue weighted by Gasteiger charge is -2.17. The summed E-state index contributed by atoms with van der Waals surface area (Å²) in [6, 6.07) is 11.8. The molecule has 1 atom stereocenters. The van der Waals surface area contributed by atoms with Crippen LogP contribution in [0.5, 0.6) is 5.88 Å². The van der Waals surface area contributed by atoms with Crippen molar-refractivity contribution in [3.63, 3.8) is 0 Å². The third kappa shape index (κ3) is 5.01. The number of hydrogen-bond donors (Lipinski definition) is 3. The maximum absolute atomic E-state index is 10.1. The zero-order valence-corrected chi connectivity index (χ0v) is 19.3. The topological polar surface area (TPSA) is 151 Å². The Kier molecular flexibility index (Phi) is 6.49. The fourth-order valence-corrected chi connectivity index (χ4v) is 3.53. The van der Waals surface area contributed by atoms with Gasteiger partial charge in [0.2, 0.25) is 5.88 Å². The zero-order valence-electron chi connectivity index (χ0n) is 19.3. The largest absolute Gasteiger partial charge is 0.473 e. The van der Waals surface area contributed by atoms with Gasteiger partial charge in [-0.05, 0) is 42.6 Å². The standard InChI is InChI=1S/C24H27N7O3/c1-4-31-18-13-19(33-16(14-25)12-15-8-6-5-7-9-15)27-17(10-11-24(2,3)32)20(18)28-23(31)21-22(26)30-34-29-21/h5-9,13,16,32H,4,12,14,25H2,1-3H3,(H2,26,30). The summed E-state index contributed by atoms with van der Waals surface area (Å²) in [4.78, 5) is 9.29. The van der Waals surface area contributed by atoms with E-state index < -0.39 is 5.60 Å². The Hall–Kier alpha value is -3.94. The molecule has 0 aliphatic heterocycles. The predicted octanol–water partition coefficient (Wildman–Crippen LogP) is 2.15. The highest BCUT2D eigenvalue weighted by Crippen LogP contribution is 2.30.